The van der Waals surface area contributed by atoms with E-state index in [4.69, 9.17) is 5.73 Å². The summed E-state index contributed by atoms with van der Waals surface area (Å²) in [5, 5.41) is 11.2. The third-order valence-electron chi connectivity index (χ3n) is 7.06. The van der Waals surface area contributed by atoms with Crippen molar-refractivity contribution in [2.75, 3.05) is 13.1 Å². The van der Waals surface area contributed by atoms with Gasteiger partial charge in [0.15, 0.2) is 0 Å². The van der Waals surface area contributed by atoms with Crippen LogP contribution in [0.4, 0.5) is 0 Å². The van der Waals surface area contributed by atoms with E-state index in [1.807, 2.05) is 13.8 Å². The first kappa shape index (κ1) is 30.9. The second-order valence-electron chi connectivity index (χ2n) is 10.1. The zero-order chi connectivity index (χ0) is 26.2. The molecule has 1 saturated heterocycles. The van der Waals surface area contributed by atoms with E-state index in [1.54, 1.807) is 0 Å². The molecule has 4 amide bonds. The van der Waals surface area contributed by atoms with Crippen molar-refractivity contribution in [2.24, 2.45) is 17.6 Å². The molecule has 1 aliphatic rings. The molecule has 5 atom stereocenters. The van der Waals surface area contributed by atoms with E-state index in [0.717, 1.165) is 25.2 Å². The first-order valence-electron chi connectivity index (χ1n) is 13.6. The van der Waals surface area contributed by atoms with Gasteiger partial charge in [-0.05, 0) is 37.6 Å². The zero-order valence-electron chi connectivity index (χ0n) is 22.3. The summed E-state index contributed by atoms with van der Waals surface area (Å²) in [4.78, 5) is 51.2. The lowest BCUT2D eigenvalue weighted by molar-refractivity contribution is -0.133. The summed E-state index contributed by atoms with van der Waals surface area (Å²) in [6.45, 7) is 8.52. The number of hydrogen-bond donors (Lipinski definition) is 5. The van der Waals surface area contributed by atoms with Gasteiger partial charge in [0.05, 0.1) is 6.54 Å². The minimum atomic E-state index is -0.811. The standard InChI is InChI=1S/C26H49N5O4/c1-5-18(3)12-9-7-8-10-13-20-16-22(32)28-17-23(33)30-21(14-11-15-27)25(34)31-24(19(4)6-2)26(35)29-20/h18-21,24H,5-17,27H2,1-4H3,(H,28,32)(H,29,35)(H,30,33)(H,31,34)/t18?,19?,20?,21-,24?/m0/s1. The van der Waals surface area contributed by atoms with Crippen LogP contribution < -0.4 is 27.0 Å². The van der Waals surface area contributed by atoms with Gasteiger partial charge in [0.25, 0.3) is 0 Å². The molecule has 202 valence electrons. The van der Waals surface area contributed by atoms with E-state index >= 15 is 0 Å². The number of amides is 4. The van der Waals surface area contributed by atoms with Crippen molar-refractivity contribution in [1.29, 1.82) is 0 Å². The highest BCUT2D eigenvalue weighted by atomic mass is 16.2. The lowest BCUT2D eigenvalue weighted by Gasteiger charge is -2.28. The summed E-state index contributed by atoms with van der Waals surface area (Å²) in [5.74, 6) is -0.786. The third-order valence-corrected chi connectivity index (χ3v) is 7.06. The van der Waals surface area contributed by atoms with Crippen molar-refractivity contribution in [3.63, 3.8) is 0 Å². The van der Waals surface area contributed by atoms with E-state index < -0.39 is 23.9 Å². The number of nitrogens with two attached hydrogens (primary N) is 1. The first-order chi connectivity index (χ1) is 16.7. The molecule has 4 unspecified atom stereocenters. The Kier molecular flexibility index (Phi) is 15.3. The monoisotopic (exact) mass is 495 g/mol. The molecular weight excluding hydrogens is 446 g/mol. The van der Waals surface area contributed by atoms with Crippen LogP contribution in [0.5, 0.6) is 0 Å². The minimum absolute atomic E-state index is 0.101. The summed E-state index contributed by atoms with van der Waals surface area (Å²) in [5.41, 5.74) is 5.59. The molecule has 1 rings (SSSR count). The average molecular weight is 496 g/mol. The highest BCUT2D eigenvalue weighted by molar-refractivity contribution is 5.94. The number of carbonyl (C=O) groups excluding carboxylic acids is 4. The van der Waals surface area contributed by atoms with E-state index in [0.29, 0.717) is 32.2 Å². The summed E-state index contributed by atoms with van der Waals surface area (Å²) in [6.07, 6.45) is 9.07. The fraction of sp³-hybridized carbons (Fsp3) is 0.846. The van der Waals surface area contributed by atoms with E-state index in [2.05, 4.69) is 35.1 Å². The van der Waals surface area contributed by atoms with Crippen LogP contribution in [0.3, 0.4) is 0 Å². The molecule has 0 bridgehead atoms. The fourth-order valence-corrected chi connectivity index (χ4v) is 4.22. The van der Waals surface area contributed by atoms with Gasteiger partial charge < -0.3 is 27.0 Å². The minimum Gasteiger partial charge on any atom is -0.351 e. The predicted molar refractivity (Wildman–Crippen MR) is 138 cm³/mol. The largest absolute Gasteiger partial charge is 0.351 e. The van der Waals surface area contributed by atoms with Crippen LogP contribution in [-0.2, 0) is 19.2 Å². The number of rotatable bonds is 13. The Bertz CT molecular complexity index is 672. The van der Waals surface area contributed by atoms with Crippen LogP contribution in [0.1, 0.15) is 98.3 Å². The van der Waals surface area contributed by atoms with Gasteiger partial charge in [-0.15, -0.1) is 0 Å². The molecular formula is C26H49N5O4. The SMILES string of the molecule is CCC(C)CCCCCCC1CC(=O)NCC(=O)N[C@@H](CCCN)C(=O)NC(C(C)CC)C(=O)N1. The highest BCUT2D eigenvalue weighted by Crippen LogP contribution is 2.16. The molecule has 1 fully saturated rings. The van der Waals surface area contributed by atoms with Gasteiger partial charge in [-0.3, -0.25) is 19.2 Å². The van der Waals surface area contributed by atoms with Crippen molar-refractivity contribution in [2.45, 2.75) is 116 Å². The maximum absolute atomic E-state index is 13.2. The van der Waals surface area contributed by atoms with E-state index in [1.165, 1.54) is 19.3 Å². The first-order valence-corrected chi connectivity index (χ1v) is 13.6. The second-order valence-corrected chi connectivity index (χ2v) is 10.1. The van der Waals surface area contributed by atoms with Gasteiger partial charge in [0.2, 0.25) is 23.6 Å². The molecule has 9 nitrogen and oxygen atoms in total. The molecule has 0 aromatic heterocycles. The van der Waals surface area contributed by atoms with E-state index in [-0.39, 0.29) is 36.7 Å². The number of hydrogen-bond acceptors (Lipinski definition) is 5. The van der Waals surface area contributed by atoms with Crippen molar-refractivity contribution >= 4 is 23.6 Å². The fourth-order valence-electron chi connectivity index (χ4n) is 4.22. The summed E-state index contributed by atoms with van der Waals surface area (Å²) in [6, 6.07) is -1.90. The van der Waals surface area contributed by atoms with Gasteiger partial charge in [-0.1, -0.05) is 72.6 Å². The summed E-state index contributed by atoms with van der Waals surface area (Å²) in [7, 11) is 0. The quantitative estimate of drug-likeness (QED) is 0.249. The van der Waals surface area contributed by atoms with Crippen LogP contribution in [0.2, 0.25) is 0 Å². The van der Waals surface area contributed by atoms with Gasteiger partial charge in [0, 0.05) is 12.5 Å². The molecule has 6 N–H and O–H groups in total. The van der Waals surface area contributed by atoms with Gasteiger partial charge >= 0.3 is 0 Å². The predicted octanol–water partition coefficient (Wildman–Crippen LogP) is 2.13. The Morgan fingerprint density at radius 3 is 2.20 bits per heavy atom. The molecule has 0 aliphatic carbocycles. The number of unbranched alkanes of at least 4 members (excludes halogenated alkanes) is 3. The highest BCUT2D eigenvalue weighted by Gasteiger charge is 2.31. The lowest BCUT2D eigenvalue weighted by atomic mass is 9.96. The molecule has 0 aromatic rings. The maximum atomic E-state index is 13.2. The third kappa shape index (κ3) is 12.4. The Labute approximate surface area is 211 Å². The van der Waals surface area contributed by atoms with Crippen LogP contribution >= 0.6 is 0 Å². The normalized spacial score (nSPS) is 24.1. The Morgan fingerprint density at radius 2 is 1.54 bits per heavy atom. The molecule has 1 aliphatic heterocycles. The Balaban J connectivity index is 2.91. The van der Waals surface area contributed by atoms with Crippen molar-refractivity contribution in [3.8, 4) is 0 Å². The van der Waals surface area contributed by atoms with Gasteiger partial charge in [-0.25, -0.2) is 0 Å². The number of nitrogens with one attached hydrogen (secondary N) is 4. The summed E-state index contributed by atoms with van der Waals surface area (Å²) < 4.78 is 0. The Morgan fingerprint density at radius 1 is 0.829 bits per heavy atom. The van der Waals surface area contributed by atoms with Gasteiger partial charge in [0.1, 0.15) is 12.1 Å². The van der Waals surface area contributed by atoms with Crippen LogP contribution in [0, 0.1) is 11.8 Å². The summed E-state index contributed by atoms with van der Waals surface area (Å²) >= 11 is 0. The molecule has 9 heteroatoms. The van der Waals surface area contributed by atoms with Crippen LogP contribution in [0.25, 0.3) is 0 Å². The molecule has 0 aromatic carbocycles. The second kappa shape index (κ2) is 17.3. The van der Waals surface area contributed by atoms with E-state index in [9.17, 15) is 19.2 Å². The van der Waals surface area contributed by atoms with Crippen molar-refractivity contribution in [3.05, 3.63) is 0 Å². The molecule has 1 heterocycles. The molecule has 35 heavy (non-hydrogen) atoms. The number of carbonyl (C=O) groups is 4. The average Bonchev–Trinajstić information content (AvgIpc) is 2.84. The van der Waals surface area contributed by atoms with Gasteiger partial charge in [-0.2, -0.15) is 0 Å². The molecule has 0 radical (unpaired) electrons. The van der Waals surface area contributed by atoms with Crippen LogP contribution in [-0.4, -0.2) is 54.8 Å². The smallest absolute Gasteiger partial charge is 0.243 e. The maximum Gasteiger partial charge on any atom is 0.243 e. The molecule has 0 spiro atoms. The van der Waals surface area contributed by atoms with Crippen molar-refractivity contribution < 1.29 is 19.2 Å². The topological polar surface area (TPSA) is 142 Å². The Hall–Kier alpha value is -2.16. The van der Waals surface area contributed by atoms with Crippen molar-refractivity contribution in [1.82, 2.24) is 21.3 Å². The lowest BCUT2D eigenvalue weighted by Crippen LogP contribution is -2.57. The zero-order valence-corrected chi connectivity index (χ0v) is 22.3. The van der Waals surface area contributed by atoms with Crippen LogP contribution in [0.15, 0.2) is 0 Å². The molecule has 0 saturated carbocycles.